The van der Waals surface area contributed by atoms with Crippen LogP contribution in [-0.4, -0.2) is 65.7 Å². The molecule has 0 aromatic heterocycles. The molecule has 8 heteroatoms. The molecule has 0 saturated carbocycles. The number of fused-ring (bicyclic) bond motifs is 1. The van der Waals surface area contributed by atoms with E-state index < -0.39 is 11.8 Å². The number of hydrogen-bond donors (Lipinski definition) is 1. The molecule has 2 aromatic rings. The van der Waals surface area contributed by atoms with Crippen LogP contribution in [0.3, 0.4) is 0 Å². The molecule has 172 valence electrons. The van der Waals surface area contributed by atoms with E-state index in [0.717, 1.165) is 16.2 Å². The van der Waals surface area contributed by atoms with Crippen LogP contribution in [0.15, 0.2) is 48.5 Å². The monoisotopic (exact) mass is 449 g/mol. The predicted octanol–water partition coefficient (Wildman–Crippen LogP) is 2.03. The fourth-order valence-corrected chi connectivity index (χ4v) is 4.23. The highest BCUT2D eigenvalue weighted by Crippen LogP contribution is 2.22. The number of nitrogens with zero attached hydrogens (tertiary/aromatic N) is 2. The number of nitrogens with one attached hydrogen (secondary N) is 1. The quantitative estimate of drug-likeness (QED) is 0.653. The fourth-order valence-electron chi connectivity index (χ4n) is 4.23. The van der Waals surface area contributed by atoms with E-state index in [0.29, 0.717) is 50.1 Å². The summed E-state index contributed by atoms with van der Waals surface area (Å²) in [5.74, 6) is -0.425. The maximum absolute atomic E-state index is 12.6. The molecule has 1 N–H and O–H groups in total. The van der Waals surface area contributed by atoms with Gasteiger partial charge in [-0.05, 0) is 49.6 Å². The van der Waals surface area contributed by atoms with Crippen molar-refractivity contribution in [3.63, 3.8) is 0 Å². The second kappa shape index (κ2) is 9.85. The van der Waals surface area contributed by atoms with Crippen molar-refractivity contribution < 1.29 is 23.9 Å². The van der Waals surface area contributed by atoms with Gasteiger partial charge in [0.1, 0.15) is 12.3 Å². The molecule has 1 fully saturated rings. The number of carbonyl (C=O) groups is 4. The molecule has 33 heavy (non-hydrogen) atoms. The maximum Gasteiger partial charge on any atom is 0.262 e. The van der Waals surface area contributed by atoms with Crippen LogP contribution in [0.5, 0.6) is 5.75 Å². The Morgan fingerprint density at radius 3 is 2.15 bits per heavy atom. The Morgan fingerprint density at radius 2 is 1.58 bits per heavy atom. The normalized spacial score (nSPS) is 16.0. The average molecular weight is 450 g/mol. The van der Waals surface area contributed by atoms with E-state index >= 15 is 0 Å². The molecule has 4 amide bonds. The Hall–Kier alpha value is -3.68. The number of benzene rings is 2. The van der Waals surface area contributed by atoms with E-state index in [1.807, 2.05) is 36.1 Å². The van der Waals surface area contributed by atoms with Gasteiger partial charge in [0, 0.05) is 19.1 Å². The number of piperidine rings is 1. The molecule has 4 rings (SSSR count). The largest absolute Gasteiger partial charge is 0.494 e. The number of hydrogen-bond acceptors (Lipinski definition) is 5. The van der Waals surface area contributed by atoms with Crippen molar-refractivity contribution in [3.8, 4) is 5.75 Å². The molecule has 1 saturated heterocycles. The van der Waals surface area contributed by atoms with E-state index in [1.165, 1.54) is 0 Å². The third kappa shape index (κ3) is 5.05. The molecular weight excluding hydrogens is 422 g/mol. The summed E-state index contributed by atoms with van der Waals surface area (Å²) in [6, 6.07) is 14.0. The van der Waals surface area contributed by atoms with Crippen LogP contribution in [-0.2, 0) is 16.0 Å². The van der Waals surface area contributed by atoms with Gasteiger partial charge in [0.05, 0.1) is 24.2 Å². The molecular formula is C25H27N3O5. The first-order chi connectivity index (χ1) is 16.0. The van der Waals surface area contributed by atoms with E-state index in [2.05, 4.69) is 5.32 Å². The van der Waals surface area contributed by atoms with Crippen LogP contribution in [0.1, 0.15) is 46.0 Å². The lowest BCUT2D eigenvalue weighted by atomic mass is 10.0. The SMILES string of the molecule is CCOc1ccc(CC(=O)N2CCC(NC(=O)CN3C(=O)c4ccccc4C3=O)CC2)cc1. The van der Waals surface area contributed by atoms with Gasteiger partial charge in [-0.25, -0.2) is 0 Å². The van der Waals surface area contributed by atoms with E-state index in [1.54, 1.807) is 24.3 Å². The van der Waals surface area contributed by atoms with E-state index in [9.17, 15) is 19.2 Å². The Kier molecular flexibility index (Phi) is 6.72. The van der Waals surface area contributed by atoms with Crippen LogP contribution in [0, 0.1) is 0 Å². The zero-order valence-electron chi connectivity index (χ0n) is 18.6. The lowest BCUT2D eigenvalue weighted by Gasteiger charge is -2.32. The van der Waals surface area contributed by atoms with Gasteiger partial charge in [0.2, 0.25) is 11.8 Å². The van der Waals surface area contributed by atoms with Gasteiger partial charge in [0.25, 0.3) is 11.8 Å². The van der Waals surface area contributed by atoms with Crippen LogP contribution in [0.2, 0.25) is 0 Å². The van der Waals surface area contributed by atoms with Crippen molar-refractivity contribution in [3.05, 3.63) is 65.2 Å². The minimum Gasteiger partial charge on any atom is -0.494 e. The molecule has 2 heterocycles. The first kappa shape index (κ1) is 22.5. The van der Waals surface area contributed by atoms with Crippen LogP contribution >= 0.6 is 0 Å². The predicted molar refractivity (Wildman–Crippen MR) is 121 cm³/mol. The van der Waals surface area contributed by atoms with Crippen LogP contribution in [0.4, 0.5) is 0 Å². The van der Waals surface area contributed by atoms with E-state index in [4.69, 9.17) is 4.74 Å². The molecule has 0 atom stereocenters. The first-order valence-electron chi connectivity index (χ1n) is 11.2. The second-order valence-electron chi connectivity index (χ2n) is 8.22. The molecule has 2 aromatic carbocycles. The summed E-state index contributed by atoms with van der Waals surface area (Å²) >= 11 is 0. The van der Waals surface area contributed by atoms with Gasteiger partial charge in [-0.1, -0.05) is 24.3 Å². The average Bonchev–Trinajstić information content (AvgIpc) is 3.06. The van der Waals surface area contributed by atoms with Crippen molar-refractivity contribution in [2.24, 2.45) is 0 Å². The highest BCUT2D eigenvalue weighted by Gasteiger charge is 2.36. The Balaban J connectivity index is 1.23. The van der Waals surface area contributed by atoms with Crippen molar-refractivity contribution in [2.75, 3.05) is 26.2 Å². The Morgan fingerprint density at radius 1 is 0.970 bits per heavy atom. The summed E-state index contributed by atoms with van der Waals surface area (Å²) in [5.41, 5.74) is 1.59. The zero-order chi connectivity index (χ0) is 23.4. The Labute approximate surface area is 192 Å². The summed E-state index contributed by atoms with van der Waals surface area (Å²) in [7, 11) is 0. The number of likely N-dealkylation sites (tertiary alicyclic amines) is 1. The summed E-state index contributed by atoms with van der Waals surface area (Å²) in [5, 5.41) is 2.90. The summed E-state index contributed by atoms with van der Waals surface area (Å²) < 4.78 is 5.43. The molecule has 0 radical (unpaired) electrons. The number of rotatable bonds is 7. The lowest BCUT2D eigenvalue weighted by Crippen LogP contribution is -2.49. The van der Waals surface area contributed by atoms with Gasteiger partial charge < -0.3 is 15.0 Å². The molecule has 0 aliphatic carbocycles. The standard InChI is InChI=1S/C25H27N3O5/c1-2-33-19-9-7-17(8-10-19)15-23(30)27-13-11-18(12-14-27)26-22(29)16-28-24(31)20-5-3-4-6-21(20)25(28)32/h3-10,18H,2,11-16H2,1H3,(H,26,29). The maximum atomic E-state index is 12.6. The zero-order valence-corrected chi connectivity index (χ0v) is 18.6. The molecule has 0 spiro atoms. The lowest BCUT2D eigenvalue weighted by molar-refractivity contribution is -0.131. The topological polar surface area (TPSA) is 96.0 Å². The summed E-state index contributed by atoms with van der Waals surface area (Å²) in [6.45, 7) is 3.32. The van der Waals surface area contributed by atoms with Crippen molar-refractivity contribution in [2.45, 2.75) is 32.2 Å². The molecule has 2 aliphatic heterocycles. The molecule has 2 aliphatic rings. The third-order valence-electron chi connectivity index (χ3n) is 5.98. The molecule has 0 unspecified atom stereocenters. The van der Waals surface area contributed by atoms with Gasteiger partial charge in [-0.3, -0.25) is 24.1 Å². The highest BCUT2D eigenvalue weighted by atomic mass is 16.5. The second-order valence-corrected chi connectivity index (χ2v) is 8.22. The van der Waals surface area contributed by atoms with Crippen molar-refractivity contribution in [1.29, 1.82) is 0 Å². The number of ether oxygens (including phenoxy) is 1. The van der Waals surface area contributed by atoms with Gasteiger partial charge in [0.15, 0.2) is 0 Å². The van der Waals surface area contributed by atoms with Crippen LogP contribution < -0.4 is 10.1 Å². The first-order valence-corrected chi connectivity index (χ1v) is 11.2. The van der Waals surface area contributed by atoms with Gasteiger partial charge in [-0.15, -0.1) is 0 Å². The number of imide groups is 1. The fraction of sp³-hybridized carbons (Fsp3) is 0.360. The van der Waals surface area contributed by atoms with Crippen LogP contribution in [0.25, 0.3) is 0 Å². The Bertz CT molecular complexity index is 1020. The smallest absolute Gasteiger partial charge is 0.262 e. The van der Waals surface area contributed by atoms with Crippen molar-refractivity contribution >= 4 is 23.6 Å². The van der Waals surface area contributed by atoms with Gasteiger partial charge in [-0.2, -0.15) is 0 Å². The summed E-state index contributed by atoms with van der Waals surface area (Å²) in [4.78, 5) is 52.8. The van der Waals surface area contributed by atoms with Gasteiger partial charge >= 0.3 is 0 Å². The highest BCUT2D eigenvalue weighted by molar-refractivity contribution is 6.22. The molecule has 0 bridgehead atoms. The van der Waals surface area contributed by atoms with Crippen molar-refractivity contribution in [1.82, 2.24) is 15.1 Å². The number of carbonyl (C=O) groups excluding carboxylic acids is 4. The minimum atomic E-state index is -0.444. The number of amides is 4. The summed E-state index contributed by atoms with van der Waals surface area (Å²) in [6.07, 6.45) is 1.58. The third-order valence-corrected chi connectivity index (χ3v) is 5.98. The molecule has 8 nitrogen and oxygen atoms in total. The minimum absolute atomic E-state index is 0.0509. The van der Waals surface area contributed by atoms with E-state index in [-0.39, 0.29) is 24.4 Å².